The molecule has 1 N–H and O–H groups in total. The minimum atomic E-state index is -3.72. The average molecular weight is 367 g/mol. The first kappa shape index (κ1) is 18.6. The summed E-state index contributed by atoms with van der Waals surface area (Å²) < 4.78 is 26.8. The molecule has 0 saturated heterocycles. The molecule has 2 rings (SSSR count). The number of nitrogens with zero attached hydrogens (tertiary/aromatic N) is 2. The van der Waals surface area contributed by atoms with Crippen LogP contribution < -0.4 is 5.32 Å². The number of rotatable bonds is 7. The zero-order chi connectivity index (χ0) is 17.7. The number of nitrogens with one attached hydrogen (secondary N) is 1. The van der Waals surface area contributed by atoms with E-state index in [9.17, 15) is 13.2 Å². The number of benzene rings is 1. The molecule has 0 fully saturated rings. The van der Waals surface area contributed by atoms with Crippen LogP contribution in [0.5, 0.6) is 0 Å². The lowest BCUT2D eigenvalue weighted by Gasteiger charge is -2.23. The molecule has 8 heteroatoms. The van der Waals surface area contributed by atoms with Gasteiger partial charge < -0.3 is 5.32 Å². The van der Waals surface area contributed by atoms with Crippen LogP contribution >= 0.6 is 11.3 Å². The Kier molecular flexibility index (Phi) is 6.09. The minimum absolute atomic E-state index is 0.0957. The monoisotopic (exact) mass is 367 g/mol. The summed E-state index contributed by atoms with van der Waals surface area (Å²) in [5.74, 6) is -0.303. The number of aryl methyl sites for hydroxylation is 1. The molecule has 2 aromatic rings. The lowest BCUT2D eigenvalue weighted by Crippen LogP contribution is -2.40. The smallest absolute Gasteiger partial charge is 0.243 e. The number of hydrogen-bond donors (Lipinski definition) is 1. The fourth-order valence-electron chi connectivity index (χ4n) is 2.13. The molecule has 0 spiro atoms. The summed E-state index contributed by atoms with van der Waals surface area (Å²) in [6, 6.07) is 8.15. The second kappa shape index (κ2) is 7.87. The van der Waals surface area contributed by atoms with E-state index in [0.29, 0.717) is 5.13 Å². The van der Waals surface area contributed by atoms with Gasteiger partial charge in [0.2, 0.25) is 15.9 Å². The van der Waals surface area contributed by atoms with E-state index in [0.717, 1.165) is 4.88 Å². The van der Waals surface area contributed by atoms with E-state index in [1.54, 1.807) is 24.4 Å². The van der Waals surface area contributed by atoms with Crippen molar-refractivity contribution in [3.8, 4) is 0 Å². The largest absolute Gasteiger partial charge is 0.301 e. The molecule has 0 radical (unpaired) electrons. The third kappa shape index (κ3) is 4.86. The van der Waals surface area contributed by atoms with Gasteiger partial charge in [0, 0.05) is 17.6 Å². The second-order valence-corrected chi connectivity index (χ2v) is 9.00. The summed E-state index contributed by atoms with van der Waals surface area (Å²) in [5, 5.41) is 3.12. The fraction of sp³-hybridized carbons (Fsp3) is 0.375. The van der Waals surface area contributed by atoms with E-state index >= 15 is 0 Å². The Morgan fingerprint density at radius 1 is 1.29 bits per heavy atom. The zero-order valence-electron chi connectivity index (χ0n) is 13.9. The molecule has 1 heterocycles. The predicted molar refractivity (Wildman–Crippen MR) is 95.5 cm³/mol. The number of amides is 1. The lowest BCUT2D eigenvalue weighted by molar-refractivity contribution is -0.116. The molecule has 0 bridgehead atoms. The average Bonchev–Trinajstić information content (AvgIpc) is 2.92. The van der Waals surface area contributed by atoms with E-state index in [2.05, 4.69) is 10.3 Å². The minimum Gasteiger partial charge on any atom is -0.301 e. The second-order valence-electron chi connectivity index (χ2n) is 5.83. The molecule has 1 aromatic heterocycles. The van der Waals surface area contributed by atoms with Crippen molar-refractivity contribution < 1.29 is 13.2 Å². The highest BCUT2D eigenvalue weighted by atomic mass is 32.2. The van der Waals surface area contributed by atoms with Crippen molar-refractivity contribution in [1.29, 1.82) is 0 Å². The number of sulfonamides is 1. The van der Waals surface area contributed by atoms with Crippen molar-refractivity contribution >= 4 is 32.4 Å². The standard InChI is InChI=1S/C16H21N3O3S2/c1-12(2)10-19(24(21,22)14-7-5-4-6-8-14)11-15(20)18-16-17-9-13(3)23-16/h4-9,12H,10-11H2,1-3H3,(H,17,18,20). The summed E-state index contributed by atoms with van der Waals surface area (Å²) in [4.78, 5) is 17.5. The highest BCUT2D eigenvalue weighted by Gasteiger charge is 2.27. The van der Waals surface area contributed by atoms with Gasteiger partial charge in [0.25, 0.3) is 0 Å². The normalized spacial score (nSPS) is 11.9. The van der Waals surface area contributed by atoms with Gasteiger partial charge in [0.1, 0.15) is 0 Å². The third-order valence-electron chi connectivity index (χ3n) is 3.14. The van der Waals surface area contributed by atoms with E-state index in [-0.39, 0.29) is 23.9 Å². The molecule has 0 saturated carbocycles. The van der Waals surface area contributed by atoms with Gasteiger partial charge in [-0.2, -0.15) is 4.31 Å². The molecular formula is C16H21N3O3S2. The Balaban J connectivity index is 2.17. The third-order valence-corrected chi connectivity index (χ3v) is 5.79. The van der Waals surface area contributed by atoms with Crippen LogP contribution in [0.15, 0.2) is 41.4 Å². The maximum atomic E-state index is 12.8. The van der Waals surface area contributed by atoms with Crippen LogP contribution in [0.1, 0.15) is 18.7 Å². The van der Waals surface area contributed by atoms with Gasteiger partial charge >= 0.3 is 0 Å². The van der Waals surface area contributed by atoms with Gasteiger partial charge in [-0.15, -0.1) is 11.3 Å². The first-order valence-electron chi connectivity index (χ1n) is 7.56. The first-order chi connectivity index (χ1) is 11.3. The Morgan fingerprint density at radius 3 is 2.50 bits per heavy atom. The summed E-state index contributed by atoms with van der Waals surface area (Å²) >= 11 is 1.35. The molecule has 130 valence electrons. The van der Waals surface area contributed by atoms with E-state index in [1.165, 1.54) is 27.8 Å². The summed E-state index contributed by atoms with van der Waals surface area (Å²) in [6.45, 7) is 5.74. The Hall–Kier alpha value is -1.77. The summed E-state index contributed by atoms with van der Waals surface area (Å²) in [5.41, 5.74) is 0. The molecule has 24 heavy (non-hydrogen) atoms. The van der Waals surface area contributed by atoms with Crippen molar-refractivity contribution in [1.82, 2.24) is 9.29 Å². The van der Waals surface area contributed by atoms with E-state index < -0.39 is 15.9 Å². The SMILES string of the molecule is Cc1cnc(NC(=O)CN(CC(C)C)S(=O)(=O)c2ccccc2)s1. The molecule has 0 aliphatic carbocycles. The van der Waals surface area contributed by atoms with Gasteiger partial charge in [-0.05, 0) is 25.0 Å². The number of hydrogen-bond acceptors (Lipinski definition) is 5. The predicted octanol–water partition coefficient (Wildman–Crippen LogP) is 2.74. The molecule has 6 nitrogen and oxygen atoms in total. The van der Waals surface area contributed by atoms with Crippen LogP contribution in [-0.2, 0) is 14.8 Å². The topological polar surface area (TPSA) is 79.4 Å². The van der Waals surface area contributed by atoms with Crippen LogP contribution in [0.4, 0.5) is 5.13 Å². The van der Waals surface area contributed by atoms with Crippen LogP contribution in [0.25, 0.3) is 0 Å². The maximum Gasteiger partial charge on any atom is 0.243 e. The van der Waals surface area contributed by atoms with Crippen LogP contribution in [0.2, 0.25) is 0 Å². The number of anilines is 1. The van der Waals surface area contributed by atoms with Crippen LogP contribution in [0, 0.1) is 12.8 Å². The molecule has 0 unspecified atom stereocenters. The van der Waals surface area contributed by atoms with Gasteiger partial charge in [-0.3, -0.25) is 4.79 Å². The molecule has 1 amide bonds. The fourth-order valence-corrected chi connectivity index (χ4v) is 4.39. The quantitative estimate of drug-likeness (QED) is 0.816. The first-order valence-corrected chi connectivity index (χ1v) is 9.82. The van der Waals surface area contributed by atoms with E-state index in [1.807, 2.05) is 20.8 Å². The molecule has 0 aliphatic heterocycles. The molecule has 1 aromatic carbocycles. The van der Waals surface area contributed by atoms with Crippen molar-refractivity contribution in [3.63, 3.8) is 0 Å². The van der Waals surface area contributed by atoms with Crippen molar-refractivity contribution in [2.75, 3.05) is 18.4 Å². The van der Waals surface area contributed by atoms with Gasteiger partial charge in [0.05, 0.1) is 11.4 Å². The van der Waals surface area contributed by atoms with Crippen molar-refractivity contribution in [3.05, 3.63) is 41.4 Å². The van der Waals surface area contributed by atoms with Crippen molar-refractivity contribution in [2.45, 2.75) is 25.7 Å². The molecular weight excluding hydrogens is 346 g/mol. The van der Waals surface area contributed by atoms with Gasteiger partial charge in [0.15, 0.2) is 5.13 Å². The van der Waals surface area contributed by atoms with Crippen molar-refractivity contribution in [2.24, 2.45) is 5.92 Å². The van der Waals surface area contributed by atoms with E-state index in [4.69, 9.17) is 0 Å². The number of carbonyl (C=O) groups is 1. The summed E-state index contributed by atoms with van der Waals surface area (Å²) in [6.07, 6.45) is 1.66. The summed E-state index contributed by atoms with van der Waals surface area (Å²) in [7, 11) is -3.72. The number of carbonyl (C=O) groups excluding carboxylic acids is 1. The lowest BCUT2D eigenvalue weighted by atomic mass is 10.2. The van der Waals surface area contributed by atoms with Crippen LogP contribution in [-0.4, -0.2) is 36.7 Å². The van der Waals surface area contributed by atoms with Crippen LogP contribution in [0.3, 0.4) is 0 Å². The Bertz CT molecular complexity index is 786. The zero-order valence-corrected chi connectivity index (χ0v) is 15.5. The number of thiazole rings is 1. The Labute approximate surface area is 146 Å². The highest BCUT2D eigenvalue weighted by Crippen LogP contribution is 2.19. The maximum absolute atomic E-state index is 12.8. The highest BCUT2D eigenvalue weighted by molar-refractivity contribution is 7.89. The molecule has 0 aliphatic rings. The van der Waals surface area contributed by atoms with Gasteiger partial charge in [-0.1, -0.05) is 32.0 Å². The Morgan fingerprint density at radius 2 is 1.96 bits per heavy atom. The molecule has 0 atom stereocenters. The number of aromatic nitrogens is 1. The van der Waals surface area contributed by atoms with Gasteiger partial charge in [-0.25, -0.2) is 13.4 Å².